The number of ether oxygens (including phenoxy) is 3. The van der Waals surface area contributed by atoms with Gasteiger partial charge in [-0.2, -0.15) is 0 Å². The predicted molar refractivity (Wildman–Crippen MR) is 200 cm³/mol. The molecule has 8 atom stereocenters. The lowest BCUT2D eigenvalue weighted by atomic mass is 9.74. The number of benzene rings is 1. The van der Waals surface area contributed by atoms with E-state index in [2.05, 4.69) is 42.0 Å². The molecule has 2 N–H and O–H groups in total. The molecule has 2 saturated heterocycles. The number of halogens is 1. The molecular formula is C40H56BrN3O8. The highest BCUT2D eigenvalue weighted by atomic mass is 79.9. The van der Waals surface area contributed by atoms with Crippen molar-refractivity contribution in [3.05, 3.63) is 58.6 Å². The maximum absolute atomic E-state index is 15.4. The SMILES string of the molecule is COC[C@@H]1NC(=O)CC/C=C\CN(C(C)(C)CC(C)(C)C)C(=O)[C@H]2N([C@@H](CO)CC(C)C)C(=O)[C@@H]3[C@@H](C(=O)O[C@H]1c1ccccc1)[C@@H]1O[C@@]32C=C1Br. The summed E-state index contributed by atoms with van der Waals surface area (Å²) in [5.74, 6) is -3.79. The second-order valence-corrected chi connectivity index (χ2v) is 17.9. The normalized spacial score (nSPS) is 31.4. The second-order valence-electron chi connectivity index (χ2n) is 16.9. The smallest absolute Gasteiger partial charge is 0.313 e. The van der Waals surface area contributed by atoms with Crippen LogP contribution in [0.3, 0.4) is 0 Å². The molecular weight excluding hydrogens is 730 g/mol. The highest BCUT2D eigenvalue weighted by Gasteiger charge is 2.76. The topological polar surface area (TPSA) is 135 Å². The summed E-state index contributed by atoms with van der Waals surface area (Å²) in [4.78, 5) is 61.7. The average molecular weight is 787 g/mol. The Hall–Kier alpha value is -3.06. The van der Waals surface area contributed by atoms with Crippen molar-refractivity contribution >= 4 is 39.6 Å². The molecule has 52 heavy (non-hydrogen) atoms. The number of nitrogens with one attached hydrogen (secondary N) is 1. The quantitative estimate of drug-likeness (QED) is 0.262. The largest absolute Gasteiger partial charge is 0.455 e. The number of methoxy groups -OCH3 is 1. The average Bonchev–Trinajstić information content (AvgIpc) is 3.65. The van der Waals surface area contributed by atoms with Gasteiger partial charge in [0.2, 0.25) is 17.7 Å². The summed E-state index contributed by atoms with van der Waals surface area (Å²) in [7, 11) is 1.52. The summed E-state index contributed by atoms with van der Waals surface area (Å²) in [5, 5.41) is 13.8. The third-order valence-corrected chi connectivity index (χ3v) is 11.3. The van der Waals surface area contributed by atoms with Crippen molar-refractivity contribution in [3.63, 3.8) is 0 Å². The van der Waals surface area contributed by atoms with E-state index in [1.165, 1.54) is 12.0 Å². The van der Waals surface area contributed by atoms with Gasteiger partial charge in [-0.1, -0.05) is 93.0 Å². The van der Waals surface area contributed by atoms with Crippen LogP contribution >= 0.6 is 15.9 Å². The minimum atomic E-state index is -1.50. The van der Waals surface area contributed by atoms with Gasteiger partial charge in [-0.3, -0.25) is 19.2 Å². The standard InChI is InChI=1S/C40H56BrN3O8/c1-24(2)19-26(21-45)44-34-36(48)43(39(6,7)23-38(3,4)5)18-14-10-13-17-29(46)42-28(22-50-8)32(25-15-11-9-12-16-25)51-37(49)30-31(35(44)47)40(34)20-27(41)33(30)52-40/h9-12,14-16,20,24,26,28,30-34,45H,13,17-19,21-23H2,1-8H3,(H,42,46)/b14-10-/t26-,28+,30-,31+,32+,33-,34-,40+/m1/s1. The Morgan fingerprint density at radius 2 is 1.73 bits per heavy atom. The highest BCUT2D eigenvalue weighted by Crippen LogP contribution is 2.60. The molecule has 5 rings (SSSR count). The van der Waals surface area contributed by atoms with Crippen LogP contribution in [0, 0.1) is 23.2 Å². The zero-order chi connectivity index (χ0) is 38.2. The van der Waals surface area contributed by atoms with Crippen molar-refractivity contribution < 1.29 is 38.5 Å². The number of carbonyl (C=O) groups is 4. The molecule has 2 fully saturated rings. The highest BCUT2D eigenvalue weighted by molar-refractivity contribution is 9.11. The Morgan fingerprint density at radius 3 is 2.35 bits per heavy atom. The van der Waals surface area contributed by atoms with E-state index in [4.69, 9.17) is 14.2 Å². The first-order chi connectivity index (χ1) is 24.5. The summed E-state index contributed by atoms with van der Waals surface area (Å²) in [6, 6.07) is 6.53. The Balaban J connectivity index is 1.69. The van der Waals surface area contributed by atoms with Crippen molar-refractivity contribution in [3.8, 4) is 0 Å². The van der Waals surface area contributed by atoms with Gasteiger partial charge in [0, 0.05) is 30.1 Å². The summed E-state index contributed by atoms with van der Waals surface area (Å²) >= 11 is 3.65. The Labute approximate surface area is 316 Å². The van der Waals surface area contributed by atoms with E-state index in [0.717, 1.165) is 0 Å². The maximum Gasteiger partial charge on any atom is 0.313 e. The fraction of sp³-hybridized carbons (Fsp3) is 0.650. The van der Waals surface area contributed by atoms with Gasteiger partial charge in [-0.25, -0.2) is 0 Å². The zero-order valence-corrected chi connectivity index (χ0v) is 33.4. The van der Waals surface area contributed by atoms with Crippen molar-refractivity contribution in [1.82, 2.24) is 15.1 Å². The van der Waals surface area contributed by atoms with E-state index in [0.29, 0.717) is 29.3 Å². The first kappa shape index (κ1) is 40.1. The molecule has 5 bridgehead atoms. The van der Waals surface area contributed by atoms with E-state index in [1.54, 1.807) is 11.0 Å². The number of carbonyl (C=O) groups excluding carboxylic acids is 4. The molecule has 0 aliphatic carbocycles. The number of aliphatic hydroxyl groups is 1. The number of likely N-dealkylation sites (tertiary alicyclic amines) is 1. The number of aliphatic hydroxyl groups excluding tert-OH is 1. The summed E-state index contributed by atoms with van der Waals surface area (Å²) < 4.78 is 19.2. The number of amides is 3. The van der Waals surface area contributed by atoms with Crippen LogP contribution in [0.4, 0.5) is 0 Å². The van der Waals surface area contributed by atoms with Gasteiger partial charge in [0.25, 0.3) is 0 Å². The fourth-order valence-corrected chi connectivity index (χ4v) is 9.74. The number of fused-ring (bicyclic) bond motifs is 2. The number of rotatable bonds is 9. The van der Waals surface area contributed by atoms with Crippen LogP contribution in [-0.4, -0.2) is 101 Å². The summed E-state index contributed by atoms with van der Waals surface area (Å²) in [5.41, 5.74) is -1.68. The molecule has 1 aromatic rings. The molecule has 3 amide bonds. The van der Waals surface area contributed by atoms with E-state index in [-0.39, 0.29) is 49.3 Å². The number of allylic oxidation sites excluding steroid dienone is 1. The first-order valence-corrected chi connectivity index (χ1v) is 19.2. The number of nitrogens with zero attached hydrogens (tertiary/aromatic N) is 2. The Bertz CT molecular complexity index is 1550. The second kappa shape index (κ2) is 15.7. The third-order valence-electron chi connectivity index (χ3n) is 10.6. The summed E-state index contributed by atoms with van der Waals surface area (Å²) in [6.07, 6.45) is 5.42. The minimum absolute atomic E-state index is 0.0600. The van der Waals surface area contributed by atoms with Crippen LogP contribution < -0.4 is 5.32 Å². The number of esters is 1. The molecule has 12 heteroatoms. The minimum Gasteiger partial charge on any atom is -0.455 e. The van der Waals surface area contributed by atoms with Gasteiger partial charge in [-0.05, 0) is 56.1 Å². The molecule has 1 aromatic carbocycles. The van der Waals surface area contributed by atoms with Crippen LogP contribution in [0.2, 0.25) is 0 Å². The van der Waals surface area contributed by atoms with Gasteiger partial charge in [0.05, 0.1) is 31.2 Å². The van der Waals surface area contributed by atoms with Gasteiger partial charge < -0.3 is 34.4 Å². The van der Waals surface area contributed by atoms with E-state index < -0.39 is 65.2 Å². The van der Waals surface area contributed by atoms with Gasteiger partial charge in [-0.15, -0.1) is 0 Å². The lowest BCUT2D eigenvalue weighted by Gasteiger charge is -2.46. The zero-order valence-electron chi connectivity index (χ0n) is 31.8. The third kappa shape index (κ3) is 7.91. The Morgan fingerprint density at radius 1 is 1.04 bits per heavy atom. The first-order valence-electron chi connectivity index (χ1n) is 18.4. The molecule has 4 aliphatic rings. The molecule has 4 aliphatic heterocycles. The van der Waals surface area contributed by atoms with Crippen LogP contribution in [0.1, 0.15) is 85.8 Å². The molecule has 0 radical (unpaired) electrons. The van der Waals surface area contributed by atoms with E-state index in [1.807, 2.05) is 70.2 Å². The number of hydrogen-bond donors (Lipinski definition) is 2. The number of hydrogen-bond acceptors (Lipinski definition) is 8. The fourth-order valence-electron chi connectivity index (χ4n) is 9.00. The lowest BCUT2D eigenvalue weighted by molar-refractivity contribution is -0.163. The molecule has 0 unspecified atom stereocenters. The maximum atomic E-state index is 15.4. The van der Waals surface area contributed by atoms with Crippen LogP contribution in [-0.2, 0) is 33.4 Å². The van der Waals surface area contributed by atoms with Crippen molar-refractivity contribution in [2.75, 3.05) is 26.9 Å². The van der Waals surface area contributed by atoms with Gasteiger partial charge >= 0.3 is 5.97 Å². The molecule has 4 heterocycles. The summed E-state index contributed by atoms with van der Waals surface area (Å²) in [6.45, 7) is 14.3. The van der Waals surface area contributed by atoms with Crippen LogP contribution in [0.25, 0.3) is 0 Å². The van der Waals surface area contributed by atoms with Crippen molar-refractivity contribution in [1.29, 1.82) is 0 Å². The van der Waals surface area contributed by atoms with Crippen molar-refractivity contribution in [2.24, 2.45) is 23.2 Å². The van der Waals surface area contributed by atoms with Crippen LogP contribution in [0.15, 0.2) is 53.0 Å². The van der Waals surface area contributed by atoms with Gasteiger partial charge in [0.1, 0.15) is 29.8 Å². The van der Waals surface area contributed by atoms with Gasteiger partial charge in [0.15, 0.2) is 0 Å². The lowest BCUT2D eigenvalue weighted by Crippen LogP contribution is -2.62. The van der Waals surface area contributed by atoms with E-state index >= 15 is 4.79 Å². The van der Waals surface area contributed by atoms with E-state index in [9.17, 15) is 19.5 Å². The Kier molecular flexibility index (Phi) is 12.1. The molecule has 0 saturated carbocycles. The van der Waals surface area contributed by atoms with Crippen LogP contribution in [0.5, 0.6) is 0 Å². The monoisotopic (exact) mass is 785 g/mol. The molecule has 286 valence electrons. The van der Waals surface area contributed by atoms with Crippen molar-refractivity contribution in [2.45, 2.75) is 116 Å². The molecule has 1 spiro atoms. The number of cyclic esters (lactones) is 1. The molecule has 0 aromatic heterocycles. The predicted octanol–water partition coefficient (Wildman–Crippen LogP) is 5.08. The molecule has 11 nitrogen and oxygen atoms in total.